The summed E-state index contributed by atoms with van der Waals surface area (Å²) in [6.07, 6.45) is 0. The Bertz CT molecular complexity index is 460. The first-order chi connectivity index (χ1) is 6.76. The summed E-state index contributed by atoms with van der Waals surface area (Å²) >= 11 is 1.64. The summed E-state index contributed by atoms with van der Waals surface area (Å²) in [5, 5.41) is 12.2. The van der Waals surface area contributed by atoms with Crippen molar-refractivity contribution in [3.63, 3.8) is 0 Å². The Labute approximate surface area is 86.8 Å². The Morgan fingerprint density at radius 2 is 2.21 bits per heavy atom. The number of hydrogen-bond donors (Lipinski definition) is 1. The fourth-order valence-electron chi connectivity index (χ4n) is 1.56. The molecule has 1 aromatic carbocycles. The zero-order valence-corrected chi connectivity index (χ0v) is 9.02. The molecule has 0 radical (unpaired) electrons. The zero-order chi connectivity index (χ0) is 10.1. The van der Waals surface area contributed by atoms with Crippen LogP contribution >= 0.6 is 11.3 Å². The van der Waals surface area contributed by atoms with Gasteiger partial charge in [0, 0.05) is 4.70 Å². The third-order valence-corrected chi connectivity index (χ3v) is 3.34. The molecule has 2 rings (SSSR count). The molecule has 0 saturated heterocycles. The molecule has 2 nitrogen and oxygen atoms in total. The van der Waals surface area contributed by atoms with Gasteiger partial charge >= 0.3 is 0 Å². The average molecular weight is 208 g/mol. The number of aliphatic hydroxyl groups excluding tert-OH is 1. The highest BCUT2D eigenvalue weighted by Crippen LogP contribution is 2.32. The van der Waals surface area contributed by atoms with Crippen molar-refractivity contribution in [3.05, 3.63) is 28.6 Å². The quantitative estimate of drug-likeness (QED) is 0.822. The van der Waals surface area contributed by atoms with E-state index in [0.717, 1.165) is 27.0 Å². The summed E-state index contributed by atoms with van der Waals surface area (Å²) in [4.78, 5) is 0. The Morgan fingerprint density at radius 3 is 2.86 bits per heavy atom. The molecule has 0 aliphatic rings. The molecule has 3 heteroatoms. The van der Waals surface area contributed by atoms with Crippen molar-refractivity contribution >= 4 is 21.4 Å². The van der Waals surface area contributed by atoms with Crippen LogP contribution in [-0.4, -0.2) is 12.2 Å². The molecule has 0 aliphatic carbocycles. The van der Waals surface area contributed by atoms with Gasteiger partial charge in [-0.3, -0.25) is 0 Å². The van der Waals surface area contributed by atoms with Crippen molar-refractivity contribution < 1.29 is 9.84 Å². The molecule has 0 fully saturated rings. The van der Waals surface area contributed by atoms with E-state index in [9.17, 15) is 0 Å². The second kappa shape index (κ2) is 3.59. The Kier molecular flexibility index (Phi) is 2.44. The first-order valence-corrected chi connectivity index (χ1v) is 5.30. The van der Waals surface area contributed by atoms with Crippen LogP contribution in [0.2, 0.25) is 0 Å². The highest BCUT2D eigenvalue weighted by Gasteiger charge is 2.06. The molecule has 0 aliphatic heterocycles. The predicted octanol–water partition coefficient (Wildman–Crippen LogP) is 2.71. The van der Waals surface area contributed by atoms with E-state index in [1.165, 1.54) is 0 Å². The molecular weight excluding hydrogens is 196 g/mol. The minimum absolute atomic E-state index is 0.103. The summed E-state index contributed by atoms with van der Waals surface area (Å²) in [6, 6.07) is 4.09. The van der Waals surface area contributed by atoms with Crippen LogP contribution in [0.5, 0.6) is 5.75 Å². The predicted molar refractivity (Wildman–Crippen MR) is 59.0 cm³/mol. The largest absolute Gasteiger partial charge is 0.496 e. The Morgan fingerprint density at radius 1 is 1.43 bits per heavy atom. The lowest BCUT2D eigenvalue weighted by atomic mass is 10.1. The second-order valence-corrected chi connectivity index (χ2v) is 4.15. The van der Waals surface area contributed by atoms with Crippen LogP contribution in [0, 0.1) is 6.92 Å². The highest BCUT2D eigenvalue weighted by atomic mass is 32.1. The monoisotopic (exact) mass is 208 g/mol. The van der Waals surface area contributed by atoms with Crippen LogP contribution in [0.4, 0.5) is 0 Å². The fourth-order valence-corrected chi connectivity index (χ4v) is 2.52. The Hall–Kier alpha value is -1.06. The van der Waals surface area contributed by atoms with Gasteiger partial charge in [-0.05, 0) is 40.9 Å². The van der Waals surface area contributed by atoms with Gasteiger partial charge in [-0.2, -0.15) is 0 Å². The molecule has 0 atom stereocenters. The molecule has 0 spiro atoms. The van der Waals surface area contributed by atoms with Crippen molar-refractivity contribution in [2.24, 2.45) is 0 Å². The van der Waals surface area contributed by atoms with Gasteiger partial charge in [-0.1, -0.05) is 0 Å². The smallest absolute Gasteiger partial charge is 0.123 e. The summed E-state index contributed by atoms with van der Waals surface area (Å²) in [5.41, 5.74) is 2.10. The number of hydrogen-bond acceptors (Lipinski definition) is 3. The lowest BCUT2D eigenvalue weighted by molar-refractivity contribution is 0.284. The molecule has 1 N–H and O–H groups in total. The minimum Gasteiger partial charge on any atom is -0.496 e. The molecular formula is C11H12O2S. The van der Waals surface area contributed by atoms with Crippen molar-refractivity contribution in [2.45, 2.75) is 13.5 Å². The summed E-state index contributed by atoms with van der Waals surface area (Å²) < 4.78 is 6.40. The number of fused-ring (bicyclic) bond motifs is 1. The first-order valence-electron chi connectivity index (χ1n) is 4.42. The van der Waals surface area contributed by atoms with Crippen molar-refractivity contribution in [1.82, 2.24) is 0 Å². The molecule has 14 heavy (non-hydrogen) atoms. The van der Waals surface area contributed by atoms with E-state index in [1.54, 1.807) is 18.4 Å². The van der Waals surface area contributed by atoms with Crippen LogP contribution in [0.1, 0.15) is 11.1 Å². The lowest BCUT2D eigenvalue weighted by Crippen LogP contribution is -1.87. The van der Waals surface area contributed by atoms with E-state index in [-0.39, 0.29) is 6.61 Å². The molecule has 1 aromatic heterocycles. The molecule has 2 aromatic rings. The molecule has 0 bridgehead atoms. The van der Waals surface area contributed by atoms with Crippen molar-refractivity contribution in [3.8, 4) is 5.75 Å². The number of aryl methyl sites for hydroxylation is 1. The molecule has 0 saturated carbocycles. The van der Waals surface area contributed by atoms with E-state index < -0.39 is 0 Å². The van der Waals surface area contributed by atoms with Crippen LogP contribution < -0.4 is 4.74 Å². The number of thiophene rings is 1. The summed E-state index contributed by atoms with van der Waals surface area (Å²) in [6.45, 7) is 2.11. The average Bonchev–Trinajstić information content (AvgIpc) is 2.58. The summed E-state index contributed by atoms with van der Waals surface area (Å²) in [5.74, 6) is 0.906. The highest BCUT2D eigenvalue weighted by molar-refractivity contribution is 7.17. The van der Waals surface area contributed by atoms with Crippen LogP contribution in [0.15, 0.2) is 17.5 Å². The van der Waals surface area contributed by atoms with Gasteiger partial charge in [0.2, 0.25) is 0 Å². The number of methoxy groups -OCH3 is 1. The van der Waals surface area contributed by atoms with E-state index in [1.807, 2.05) is 18.4 Å². The van der Waals surface area contributed by atoms with Crippen LogP contribution in [0.25, 0.3) is 10.1 Å². The van der Waals surface area contributed by atoms with Gasteiger partial charge in [0.25, 0.3) is 0 Å². The number of rotatable bonds is 2. The SMILES string of the molecule is COc1cc2scc(CO)c2cc1C. The fraction of sp³-hybridized carbons (Fsp3) is 0.273. The first kappa shape index (κ1) is 9.49. The Balaban J connectivity index is 2.69. The van der Waals surface area contributed by atoms with E-state index in [4.69, 9.17) is 9.84 Å². The number of benzene rings is 1. The maximum Gasteiger partial charge on any atom is 0.123 e. The third kappa shape index (κ3) is 1.38. The van der Waals surface area contributed by atoms with Gasteiger partial charge in [0.15, 0.2) is 0 Å². The number of ether oxygens (including phenoxy) is 1. The second-order valence-electron chi connectivity index (χ2n) is 3.24. The summed E-state index contributed by atoms with van der Waals surface area (Å²) in [7, 11) is 1.68. The topological polar surface area (TPSA) is 29.5 Å². The number of aliphatic hydroxyl groups is 1. The van der Waals surface area contributed by atoms with Crippen molar-refractivity contribution in [1.29, 1.82) is 0 Å². The maximum absolute atomic E-state index is 9.12. The van der Waals surface area contributed by atoms with E-state index in [0.29, 0.717) is 0 Å². The van der Waals surface area contributed by atoms with Crippen LogP contribution in [-0.2, 0) is 6.61 Å². The maximum atomic E-state index is 9.12. The molecule has 0 unspecified atom stereocenters. The lowest BCUT2D eigenvalue weighted by Gasteiger charge is -2.04. The van der Waals surface area contributed by atoms with Gasteiger partial charge in [0.05, 0.1) is 13.7 Å². The van der Waals surface area contributed by atoms with Gasteiger partial charge in [0.1, 0.15) is 5.75 Å². The van der Waals surface area contributed by atoms with E-state index in [2.05, 4.69) is 6.07 Å². The van der Waals surface area contributed by atoms with Crippen LogP contribution in [0.3, 0.4) is 0 Å². The van der Waals surface area contributed by atoms with Crippen molar-refractivity contribution in [2.75, 3.05) is 7.11 Å². The third-order valence-electron chi connectivity index (χ3n) is 2.34. The van der Waals surface area contributed by atoms with Gasteiger partial charge in [-0.15, -0.1) is 11.3 Å². The normalized spacial score (nSPS) is 10.8. The molecule has 74 valence electrons. The van der Waals surface area contributed by atoms with E-state index >= 15 is 0 Å². The minimum atomic E-state index is 0.103. The van der Waals surface area contributed by atoms with Gasteiger partial charge < -0.3 is 9.84 Å². The molecule has 1 heterocycles. The standard InChI is InChI=1S/C11H12O2S/c1-7-3-9-8(5-12)6-14-11(9)4-10(7)13-2/h3-4,6,12H,5H2,1-2H3. The molecule has 0 amide bonds. The van der Waals surface area contributed by atoms with Gasteiger partial charge in [-0.25, -0.2) is 0 Å². The zero-order valence-electron chi connectivity index (χ0n) is 8.20.